The van der Waals surface area contributed by atoms with Crippen LogP contribution >= 0.6 is 0 Å². The van der Waals surface area contributed by atoms with E-state index < -0.39 is 41.8 Å². The standard InChI is InChI=1S/C33H47N5O5/c1-7-12-24(28(39)30(41)34-15-8-2)36-29(40)27-25-23(33(25,5)6)18-38(27)31(42)26(37-32(43)35-19(4)9-3)22-16-20-13-10-11-14-21(20)17-22/h8,10-11,13-14,19,22-27H,2,7,9,12,15-18H2,1,3-6H3,(H,34,41)(H,36,40)(H2,35,37,43)/t19?,23?,24?,25?,26-,27-/m0/s1. The number of fused-ring (bicyclic) bond motifs is 2. The molecule has 5 amide bonds. The molecular weight excluding hydrogens is 546 g/mol. The maximum atomic E-state index is 14.4. The normalized spacial score (nSPS) is 23.7. The molecule has 6 atom stereocenters. The number of nitrogens with one attached hydrogen (secondary N) is 4. The van der Waals surface area contributed by atoms with Gasteiger partial charge in [-0.3, -0.25) is 19.2 Å². The highest BCUT2D eigenvalue weighted by Crippen LogP contribution is 2.65. The number of nitrogens with zero attached hydrogens (tertiary/aromatic N) is 1. The van der Waals surface area contributed by atoms with E-state index in [0.29, 0.717) is 32.2 Å². The Morgan fingerprint density at radius 3 is 2.28 bits per heavy atom. The van der Waals surface area contributed by atoms with Crippen molar-refractivity contribution in [2.45, 2.75) is 90.9 Å². The minimum atomic E-state index is -1.00. The number of likely N-dealkylation sites (tertiary alicyclic amines) is 1. The molecule has 4 rings (SSSR count). The number of piperidine rings is 1. The van der Waals surface area contributed by atoms with E-state index >= 15 is 0 Å². The zero-order valence-electron chi connectivity index (χ0n) is 26.1. The number of Topliss-reactive ketones (excluding diaryl/α,β-unsaturated/α-hetero) is 1. The second-order valence-corrected chi connectivity index (χ2v) is 12.9. The number of urea groups is 1. The van der Waals surface area contributed by atoms with Gasteiger partial charge in [-0.2, -0.15) is 0 Å². The Balaban J connectivity index is 1.58. The first-order valence-corrected chi connectivity index (χ1v) is 15.6. The summed E-state index contributed by atoms with van der Waals surface area (Å²) in [6.07, 6.45) is 4.39. The van der Waals surface area contributed by atoms with Gasteiger partial charge in [0.1, 0.15) is 12.1 Å². The number of rotatable bonds is 13. The molecule has 1 aliphatic heterocycles. The third-order valence-corrected chi connectivity index (χ3v) is 9.70. The van der Waals surface area contributed by atoms with E-state index in [-0.39, 0.29) is 41.7 Å². The molecule has 0 bridgehead atoms. The smallest absolute Gasteiger partial charge is 0.315 e. The molecule has 2 fully saturated rings. The molecule has 0 aromatic heterocycles. The predicted octanol–water partition coefficient (Wildman–Crippen LogP) is 2.51. The Labute approximate surface area is 254 Å². The van der Waals surface area contributed by atoms with Gasteiger partial charge in [0.15, 0.2) is 0 Å². The summed E-state index contributed by atoms with van der Waals surface area (Å²) in [5.74, 6) is -2.35. The Morgan fingerprint density at radius 2 is 1.70 bits per heavy atom. The Bertz CT molecular complexity index is 1240. The summed E-state index contributed by atoms with van der Waals surface area (Å²) in [5.41, 5.74) is 2.17. The monoisotopic (exact) mass is 593 g/mol. The fourth-order valence-corrected chi connectivity index (χ4v) is 6.94. The molecule has 10 heteroatoms. The van der Waals surface area contributed by atoms with Gasteiger partial charge in [-0.1, -0.05) is 64.5 Å². The van der Waals surface area contributed by atoms with Crippen LogP contribution in [-0.2, 0) is 32.0 Å². The average molecular weight is 594 g/mol. The van der Waals surface area contributed by atoms with Crippen LogP contribution in [0.3, 0.4) is 0 Å². The molecule has 1 aromatic rings. The van der Waals surface area contributed by atoms with Crippen molar-refractivity contribution in [2.75, 3.05) is 13.1 Å². The van der Waals surface area contributed by atoms with Crippen molar-refractivity contribution >= 4 is 29.5 Å². The number of carbonyl (C=O) groups excluding carboxylic acids is 5. The van der Waals surface area contributed by atoms with Crippen LogP contribution in [0.1, 0.15) is 65.0 Å². The molecule has 10 nitrogen and oxygen atoms in total. The molecule has 0 spiro atoms. The van der Waals surface area contributed by atoms with E-state index in [0.717, 1.165) is 17.5 Å². The highest BCUT2D eigenvalue weighted by Gasteiger charge is 2.69. The molecule has 0 radical (unpaired) electrons. The lowest BCUT2D eigenvalue weighted by Crippen LogP contribution is -2.60. The highest BCUT2D eigenvalue weighted by molar-refractivity contribution is 6.38. The maximum Gasteiger partial charge on any atom is 0.315 e. The Kier molecular flexibility index (Phi) is 9.97. The van der Waals surface area contributed by atoms with Gasteiger partial charge in [0, 0.05) is 19.1 Å². The lowest BCUT2D eigenvalue weighted by Gasteiger charge is -2.35. The molecule has 2 aliphatic carbocycles. The number of carbonyl (C=O) groups is 5. The van der Waals surface area contributed by atoms with Crippen molar-refractivity contribution in [1.82, 2.24) is 26.2 Å². The fraction of sp³-hybridized carbons (Fsp3) is 0.606. The van der Waals surface area contributed by atoms with Gasteiger partial charge >= 0.3 is 6.03 Å². The summed E-state index contributed by atoms with van der Waals surface area (Å²) in [4.78, 5) is 68.4. The minimum Gasteiger partial charge on any atom is -0.346 e. The van der Waals surface area contributed by atoms with Gasteiger partial charge in [-0.05, 0) is 66.9 Å². The first-order valence-electron chi connectivity index (χ1n) is 15.6. The summed E-state index contributed by atoms with van der Waals surface area (Å²) in [7, 11) is 0. The lowest BCUT2D eigenvalue weighted by atomic mass is 9.93. The minimum absolute atomic E-state index is 0.0630. The third kappa shape index (κ3) is 6.78. The van der Waals surface area contributed by atoms with Crippen LogP contribution in [0, 0.1) is 23.2 Å². The van der Waals surface area contributed by atoms with Gasteiger partial charge in [-0.15, -0.1) is 6.58 Å². The fourth-order valence-electron chi connectivity index (χ4n) is 6.94. The van der Waals surface area contributed by atoms with E-state index in [2.05, 4.69) is 53.8 Å². The molecule has 1 saturated carbocycles. The molecule has 4 N–H and O–H groups in total. The Morgan fingerprint density at radius 1 is 1.05 bits per heavy atom. The van der Waals surface area contributed by atoms with Gasteiger partial charge in [0.2, 0.25) is 17.6 Å². The molecule has 43 heavy (non-hydrogen) atoms. The number of hydrogen-bond donors (Lipinski definition) is 4. The van der Waals surface area contributed by atoms with Crippen LogP contribution in [0.15, 0.2) is 36.9 Å². The van der Waals surface area contributed by atoms with Gasteiger partial charge in [-0.25, -0.2) is 4.79 Å². The average Bonchev–Trinajstić information content (AvgIpc) is 3.35. The van der Waals surface area contributed by atoms with Crippen molar-refractivity contribution in [1.29, 1.82) is 0 Å². The van der Waals surface area contributed by atoms with E-state index in [9.17, 15) is 24.0 Å². The van der Waals surface area contributed by atoms with Crippen molar-refractivity contribution in [3.8, 4) is 0 Å². The number of amides is 5. The van der Waals surface area contributed by atoms with Gasteiger partial charge in [0.05, 0.1) is 6.04 Å². The maximum absolute atomic E-state index is 14.4. The molecule has 1 saturated heterocycles. The Hall–Kier alpha value is -3.69. The second kappa shape index (κ2) is 13.3. The summed E-state index contributed by atoms with van der Waals surface area (Å²) in [6, 6.07) is 4.95. The summed E-state index contributed by atoms with van der Waals surface area (Å²) in [6.45, 7) is 14.0. The predicted molar refractivity (Wildman–Crippen MR) is 164 cm³/mol. The number of benzene rings is 1. The quantitative estimate of drug-likeness (QED) is 0.206. The largest absolute Gasteiger partial charge is 0.346 e. The summed E-state index contributed by atoms with van der Waals surface area (Å²) < 4.78 is 0. The van der Waals surface area contributed by atoms with Crippen molar-refractivity contribution < 1.29 is 24.0 Å². The molecule has 4 unspecified atom stereocenters. The molecular formula is C33H47N5O5. The zero-order chi connectivity index (χ0) is 31.5. The van der Waals surface area contributed by atoms with Crippen LogP contribution in [-0.4, -0.2) is 71.7 Å². The molecule has 234 valence electrons. The van der Waals surface area contributed by atoms with Crippen molar-refractivity contribution in [2.24, 2.45) is 23.2 Å². The SMILES string of the molecule is C=CCNC(=O)C(=O)C(CCC)NC(=O)[C@@H]1C2C(CN1C(=O)[C@@H](NC(=O)NC(C)CC)C1Cc3ccccc3C1)C2(C)C. The van der Waals surface area contributed by atoms with E-state index in [1.165, 1.54) is 6.08 Å². The van der Waals surface area contributed by atoms with Crippen LogP contribution in [0.25, 0.3) is 0 Å². The van der Waals surface area contributed by atoms with Crippen LogP contribution in [0.4, 0.5) is 4.79 Å². The van der Waals surface area contributed by atoms with Gasteiger partial charge < -0.3 is 26.2 Å². The molecule has 1 aromatic carbocycles. The van der Waals surface area contributed by atoms with Crippen LogP contribution in [0.2, 0.25) is 0 Å². The van der Waals surface area contributed by atoms with E-state index in [1.54, 1.807) is 4.90 Å². The molecule has 3 aliphatic rings. The molecule has 1 heterocycles. The number of hydrogen-bond acceptors (Lipinski definition) is 5. The lowest BCUT2D eigenvalue weighted by molar-refractivity contribution is -0.144. The first-order chi connectivity index (χ1) is 20.4. The van der Waals surface area contributed by atoms with E-state index in [4.69, 9.17) is 0 Å². The van der Waals surface area contributed by atoms with Gasteiger partial charge in [0.25, 0.3) is 5.91 Å². The van der Waals surface area contributed by atoms with Crippen molar-refractivity contribution in [3.63, 3.8) is 0 Å². The number of ketones is 1. The first kappa shape index (κ1) is 32.2. The van der Waals surface area contributed by atoms with Crippen molar-refractivity contribution in [3.05, 3.63) is 48.0 Å². The highest BCUT2D eigenvalue weighted by atomic mass is 16.2. The second-order valence-electron chi connectivity index (χ2n) is 12.9. The summed E-state index contributed by atoms with van der Waals surface area (Å²) in [5, 5.41) is 11.2. The van der Waals surface area contributed by atoms with Crippen LogP contribution < -0.4 is 21.3 Å². The third-order valence-electron chi connectivity index (χ3n) is 9.70. The van der Waals surface area contributed by atoms with E-state index in [1.807, 2.05) is 32.9 Å². The topological polar surface area (TPSA) is 137 Å². The zero-order valence-corrected chi connectivity index (χ0v) is 26.1. The summed E-state index contributed by atoms with van der Waals surface area (Å²) >= 11 is 0. The van der Waals surface area contributed by atoms with Crippen LogP contribution in [0.5, 0.6) is 0 Å².